The predicted octanol–water partition coefficient (Wildman–Crippen LogP) is 0.903. The normalized spacial score (nSPS) is 23.7. The van der Waals surface area contributed by atoms with E-state index in [0.717, 1.165) is 29.8 Å². The van der Waals surface area contributed by atoms with Crippen LogP contribution in [0.3, 0.4) is 0 Å². The van der Waals surface area contributed by atoms with Crippen molar-refractivity contribution in [3.63, 3.8) is 0 Å². The second-order valence-electron chi connectivity index (χ2n) is 4.91. The molecule has 2 aromatic heterocycles. The minimum Gasteiger partial charge on any atom is -0.366 e. The number of nitrogens with zero attached hydrogens (tertiary/aromatic N) is 4. The molecule has 2 heterocycles. The lowest BCUT2D eigenvalue weighted by atomic mass is 10.0. The molecule has 0 aliphatic heterocycles. The monoisotopic (exact) mass is 246 g/mol. The van der Waals surface area contributed by atoms with Crippen LogP contribution in [0.2, 0.25) is 0 Å². The molecule has 0 radical (unpaired) electrons. The van der Waals surface area contributed by atoms with Gasteiger partial charge in [-0.3, -0.25) is 4.68 Å². The van der Waals surface area contributed by atoms with Gasteiger partial charge in [-0.2, -0.15) is 5.10 Å². The molecule has 1 fully saturated rings. The maximum atomic E-state index is 5.81. The highest BCUT2D eigenvalue weighted by Gasteiger charge is 2.26. The molecular weight excluding hydrogens is 228 g/mol. The lowest BCUT2D eigenvalue weighted by Gasteiger charge is -2.20. The van der Waals surface area contributed by atoms with E-state index >= 15 is 0 Å². The van der Waals surface area contributed by atoms with Crippen LogP contribution in [0.4, 0.5) is 5.82 Å². The Morgan fingerprint density at radius 3 is 3.17 bits per heavy atom. The highest BCUT2D eigenvalue weighted by Crippen LogP contribution is 2.29. The molecule has 0 aromatic carbocycles. The molecule has 0 amide bonds. The van der Waals surface area contributed by atoms with Gasteiger partial charge in [0.25, 0.3) is 0 Å². The summed E-state index contributed by atoms with van der Waals surface area (Å²) >= 11 is 0. The molecule has 18 heavy (non-hydrogen) atoms. The van der Waals surface area contributed by atoms with Crippen LogP contribution in [0.5, 0.6) is 0 Å². The molecule has 6 nitrogen and oxygen atoms in total. The van der Waals surface area contributed by atoms with Gasteiger partial charge in [0, 0.05) is 13.1 Å². The Morgan fingerprint density at radius 1 is 1.44 bits per heavy atom. The first-order valence-corrected chi connectivity index (χ1v) is 6.39. The van der Waals surface area contributed by atoms with E-state index in [1.807, 2.05) is 13.2 Å². The Bertz CT molecular complexity index is 548. The smallest absolute Gasteiger partial charge is 0.163 e. The zero-order chi connectivity index (χ0) is 12.5. The number of hydrogen-bond donors (Lipinski definition) is 2. The van der Waals surface area contributed by atoms with Crippen molar-refractivity contribution in [3.8, 4) is 0 Å². The summed E-state index contributed by atoms with van der Waals surface area (Å²) in [6, 6.07) is 0.424. The van der Waals surface area contributed by atoms with Crippen molar-refractivity contribution in [3.05, 3.63) is 12.5 Å². The summed E-state index contributed by atoms with van der Waals surface area (Å²) in [6.07, 6.45) is 6.99. The molecule has 1 aliphatic rings. The molecular formula is C12H18N6. The number of nitrogens with one attached hydrogen (secondary N) is 1. The summed E-state index contributed by atoms with van der Waals surface area (Å²) in [6.45, 7) is 0.735. The van der Waals surface area contributed by atoms with Crippen LogP contribution in [-0.4, -0.2) is 32.3 Å². The molecule has 0 saturated heterocycles. The Balaban J connectivity index is 1.90. The van der Waals surface area contributed by atoms with Crippen LogP contribution in [0.25, 0.3) is 11.0 Å². The van der Waals surface area contributed by atoms with Gasteiger partial charge in [0.1, 0.15) is 12.1 Å². The summed E-state index contributed by atoms with van der Waals surface area (Å²) in [4.78, 5) is 8.58. The maximum Gasteiger partial charge on any atom is 0.163 e. The van der Waals surface area contributed by atoms with Gasteiger partial charge in [0.15, 0.2) is 5.65 Å². The van der Waals surface area contributed by atoms with E-state index in [-0.39, 0.29) is 0 Å². The number of hydrogen-bond acceptors (Lipinski definition) is 5. The third kappa shape index (κ3) is 1.82. The fourth-order valence-corrected chi connectivity index (χ4v) is 2.76. The molecule has 0 spiro atoms. The molecule has 2 unspecified atom stereocenters. The molecule has 1 saturated carbocycles. The fraction of sp³-hybridized carbons (Fsp3) is 0.583. The average molecular weight is 246 g/mol. The van der Waals surface area contributed by atoms with Crippen molar-refractivity contribution in [1.82, 2.24) is 19.7 Å². The quantitative estimate of drug-likeness (QED) is 0.841. The lowest BCUT2D eigenvalue weighted by molar-refractivity contribution is 0.516. The largest absolute Gasteiger partial charge is 0.366 e. The number of aromatic nitrogens is 4. The molecule has 6 heteroatoms. The van der Waals surface area contributed by atoms with E-state index in [1.165, 1.54) is 12.8 Å². The van der Waals surface area contributed by atoms with E-state index in [2.05, 4.69) is 20.4 Å². The number of anilines is 1. The van der Waals surface area contributed by atoms with Gasteiger partial charge in [-0.1, -0.05) is 6.42 Å². The minimum absolute atomic E-state index is 0.424. The molecule has 96 valence electrons. The molecule has 2 atom stereocenters. The predicted molar refractivity (Wildman–Crippen MR) is 70.1 cm³/mol. The van der Waals surface area contributed by atoms with Crippen molar-refractivity contribution in [2.24, 2.45) is 18.7 Å². The standard InChI is InChI=1S/C12H18N6/c1-18-12-9(6-16-18)11(14-7-15-12)17-10-4-2-3-8(10)5-13/h6-8,10H,2-5,13H2,1H3,(H,14,15,17). The Hall–Kier alpha value is -1.69. The average Bonchev–Trinajstić information content (AvgIpc) is 2.98. The molecule has 3 rings (SSSR count). The number of aryl methyl sites for hydroxylation is 1. The first-order valence-electron chi connectivity index (χ1n) is 6.39. The summed E-state index contributed by atoms with van der Waals surface area (Å²) in [5, 5.41) is 8.71. The third-order valence-corrected chi connectivity index (χ3v) is 3.81. The Morgan fingerprint density at radius 2 is 2.33 bits per heavy atom. The van der Waals surface area contributed by atoms with E-state index in [4.69, 9.17) is 5.73 Å². The van der Waals surface area contributed by atoms with Crippen LogP contribution >= 0.6 is 0 Å². The molecule has 0 bridgehead atoms. The van der Waals surface area contributed by atoms with Gasteiger partial charge >= 0.3 is 0 Å². The van der Waals surface area contributed by atoms with Crippen LogP contribution in [0.15, 0.2) is 12.5 Å². The van der Waals surface area contributed by atoms with Gasteiger partial charge in [0.05, 0.1) is 11.6 Å². The topological polar surface area (TPSA) is 81.7 Å². The van der Waals surface area contributed by atoms with Crippen molar-refractivity contribution in [2.45, 2.75) is 25.3 Å². The maximum absolute atomic E-state index is 5.81. The minimum atomic E-state index is 0.424. The van der Waals surface area contributed by atoms with Crippen molar-refractivity contribution < 1.29 is 0 Å². The first kappa shape index (κ1) is 11.4. The SMILES string of the molecule is Cn1ncc2c(NC3CCCC3CN)ncnc21. The van der Waals surface area contributed by atoms with Crippen molar-refractivity contribution >= 4 is 16.9 Å². The zero-order valence-electron chi connectivity index (χ0n) is 10.5. The number of nitrogens with two attached hydrogens (primary N) is 1. The van der Waals surface area contributed by atoms with Gasteiger partial charge in [-0.15, -0.1) is 0 Å². The lowest BCUT2D eigenvalue weighted by Crippen LogP contribution is -2.29. The highest BCUT2D eigenvalue weighted by atomic mass is 15.3. The van der Waals surface area contributed by atoms with Gasteiger partial charge < -0.3 is 11.1 Å². The van der Waals surface area contributed by atoms with Crippen LogP contribution in [-0.2, 0) is 7.05 Å². The van der Waals surface area contributed by atoms with E-state index in [1.54, 1.807) is 11.0 Å². The van der Waals surface area contributed by atoms with Gasteiger partial charge in [0.2, 0.25) is 0 Å². The van der Waals surface area contributed by atoms with Crippen LogP contribution in [0, 0.1) is 5.92 Å². The second kappa shape index (κ2) is 4.53. The van der Waals surface area contributed by atoms with Crippen LogP contribution < -0.4 is 11.1 Å². The summed E-state index contributed by atoms with van der Waals surface area (Å²) in [5.41, 5.74) is 6.66. The van der Waals surface area contributed by atoms with Crippen LogP contribution in [0.1, 0.15) is 19.3 Å². The summed E-state index contributed by atoms with van der Waals surface area (Å²) in [5.74, 6) is 1.42. The zero-order valence-corrected chi connectivity index (χ0v) is 10.5. The summed E-state index contributed by atoms with van der Waals surface area (Å²) < 4.78 is 1.76. The van der Waals surface area contributed by atoms with Crippen molar-refractivity contribution in [1.29, 1.82) is 0 Å². The number of rotatable bonds is 3. The summed E-state index contributed by atoms with van der Waals surface area (Å²) in [7, 11) is 1.89. The molecule has 1 aliphatic carbocycles. The molecule has 2 aromatic rings. The number of fused-ring (bicyclic) bond motifs is 1. The first-order chi connectivity index (χ1) is 8.79. The van der Waals surface area contributed by atoms with E-state index < -0.39 is 0 Å². The Kier molecular flexibility index (Phi) is 2.87. The second-order valence-corrected chi connectivity index (χ2v) is 4.91. The molecule has 3 N–H and O–H groups in total. The van der Waals surface area contributed by atoms with E-state index in [0.29, 0.717) is 12.0 Å². The highest BCUT2D eigenvalue weighted by molar-refractivity contribution is 5.86. The van der Waals surface area contributed by atoms with Crippen molar-refractivity contribution in [2.75, 3.05) is 11.9 Å². The third-order valence-electron chi connectivity index (χ3n) is 3.81. The van der Waals surface area contributed by atoms with Gasteiger partial charge in [-0.25, -0.2) is 9.97 Å². The van der Waals surface area contributed by atoms with Gasteiger partial charge in [-0.05, 0) is 25.3 Å². The van der Waals surface area contributed by atoms with E-state index in [9.17, 15) is 0 Å². The Labute approximate surface area is 106 Å². The fourth-order valence-electron chi connectivity index (χ4n) is 2.76.